The molecule has 0 unspecified atom stereocenters. The molecule has 2 aromatic carbocycles. The number of ether oxygens (including phenoxy) is 1. The van der Waals surface area contributed by atoms with E-state index in [2.05, 4.69) is 15.5 Å². The van der Waals surface area contributed by atoms with Crippen molar-refractivity contribution in [3.8, 4) is 5.75 Å². The molecule has 1 fully saturated rings. The van der Waals surface area contributed by atoms with Gasteiger partial charge in [-0.05, 0) is 67.7 Å². The van der Waals surface area contributed by atoms with Crippen LogP contribution in [0.25, 0.3) is 0 Å². The molecule has 32 heavy (non-hydrogen) atoms. The molecule has 2 aromatic rings. The van der Waals surface area contributed by atoms with Crippen LogP contribution in [0.15, 0.2) is 48.5 Å². The number of carbonyl (C=O) groups excluding carboxylic acids is 2. The minimum absolute atomic E-state index is 0.000233. The Labute approximate surface area is 195 Å². The lowest BCUT2D eigenvalue weighted by molar-refractivity contribution is -0.124. The molecule has 2 N–H and O–H groups in total. The van der Waals surface area contributed by atoms with Gasteiger partial charge < -0.3 is 15.4 Å². The summed E-state index contributed by atoms with van der Waals surface area (Å²) in [6, 6.07) is 14.0. The number of amides is 2. The molecule has 0 bridgehead atoms. The predicted octanol–water partition coefficient (Wildman–Crippen LogP) is 4.06. The molecule has 0 aromatic heterocycles. The number of halogens is 1. The van der Waals surface area contributed by atoms with Gasteiger partial charge >= 0.3 is 0 Å². The molecule has 6 nitrogen and oxygen atoms in total. The Morgan fingerprint density at radius 3 is 2.31 bits per heavy atom. The Hall–Kier alpha value is -2.57. The number of likely N-dealkylation sites (tertiary alicyclic amines) is 1. The molecule has 7 heteroatoms. The van der Waals surface area contributed by atoms with Gasteiger partial charge in [0.05, 0.1) is 13.2 Å². The smallest absolute Gasteiger partial charge is 0.251 e. The molecule has 1 aliphatic rings. The van der Waals surface area contributed by atoms with Gasteiger partial charge in [-0.25, -0.2) is 0 Å². The molecular weight excluding hydrogens is 426 g/mol. The molecular formula is C25H32ClN3O3. The van der Waals surface area contributed by atoms with Crippen molar-refractivity contribution < 1.29 is 14.3 Å². The number of nitrogens with zero attached hydrogens (tertiary/aromatic N) is 1. The second kappa shape index (κ2) is 11.3. The van der Waals surface area contributed by atoms with Gasteiger partial charge in [0.15, 0.2) is 0 Å². The van der Waals surface area contributed by atoms with Crippen LogP contribution in [0.3, 0.4) is 0 Å². The molecule has 3 rings (SSSR count). The molecule has 2 amide bonds. The summed E-state index contributed by atoms with van der Waals surface area (Å²) in [6.07, 6.45) is 2.28. The highest BCUT2D eigenvalue weighted by atomic mass is 35.5. The van der Waals surface area contributed by atoms with Crippen molar-refractivity contribution in [1.82, 2.24) is 15.5 Å². The van der Waals surface area contributed by atoms with E-state index in [-0.39, 0.29) is 23.8 Å². The van der Waals surface area contributed by atoms with Crippen LogP contribution < -0.4 is 15.4 Å². The summed E-state index contributed by atoms with van der Waals surface area (Å²) in [6.45, 7) is 6.24. The fourth-order valence-corrected chi connectivity index (χ4v) is 4.31. The van der Waals surface area contributed by atoms with Gasteiger partial charge in [-0.3, -0.25) is 14.5 Å². The second-order valence-electron chi connectivity index (χ2n) is 8.45. The monoisotopic (exact) mass is 457 g/mol. The highest BCUT2D eigenvalue weighted by molar-refractivity contribution is 6.31. The quantitative estimate of drug-likeness (QED) is 0.595. The van der Waals surface area contributed by atoms with Crippen LogP contribution in [0.5, 0.6) is 5.75 Å². The zero-order valence-corrected chi connectivity index (χ0v) is 19.7. The standard InChI is InChI=1S/C25H32ClN3O3/c1-17(2)23(28-24(30)18-10-12-19(32-3)13-11-18)25(31)27-16-22(29-14-6-7-15-29)20-8-4-5-9-21(20)26/h4-5,8-13,17,22-23H,6-7,14-16H2,1-3H3,(H,27,31)(H,28,30)/t22-,23+/m0/s1. The van der Waals surface area contributed by atoms with E-state index in [0.29, 0.717) is 22.9 Å². The van der Waals surface area contributed by atoms with E-state index in [4.69, 9.17) is 16.3 Å². The molecule has 1 aliphatic heterocycles. The van der Waals surface area contributed by atoms with Crippen molar-refractivity contribution in [2.45, 2.75) is 38.8 Å². The van der Waals surface area contributed by atoms with Crippen molar-refractivity contribution in [1.29, 1.82) is 0 Å². The highest BCUT2D eigenvalue weighted by Gasteiger charge is 2.29. The van der Waals surface area contributed by atoms with E-state index in [1.165, 1.54) is 0 Å². The maximum Gasteiger partial charge on any atom is 0.251 e. The van der Waals surface area contributed by atoms with Gasteiger partial charge in [-0.15, -0.1) is 0 Å². The summed E-state index contributed by atoms with van der Waals surface area (Å²) in [5.74, 6) is 0.122. The van der Waals surface area contributed by atoms with Crippen molar-refractivity contribution >= 4 is 23.4 Å². The highest BCUT2D eigenvalue weighted by Crippen LogP contribution is 2.29. The van der Waals surface area contributed by atoms with E-state index in [1.54, 1.807) is 31.4 Å². The third-order valence-corrected chi connectivity index (χ3v) is 6.25. The van der Waals surface area contributed by atoms with Crippen LogP contribution in [-0.2, 0) is 4.79 Å². The number of nitrogens with one attached hydrogen (secondary N) is 2. The first kappa shape index (κ1) is 24.1. The number of hydrogen-bond acceptors (Lipinski definition) is 4. The Morgan fingerprint density at radius 2 is 1.72 bits per heavy atom. The molecule has 172 valence electrons. The summed E-state index contributed by atoms with van der Waals surface area (Å²) in [7, 11) is 1.58. The third kappa shape index (κ3) is 6.02. The lowest BCUT2D eigenvalue weighted by Crippen LogP contribution is -2.51. The summed E-state index contributed by atoms with van der Waals surface area (Å²) >= 11 is 6.48. The number of methoxy groups -OCH3 is 1. The Morgan fingerprint density at radius 1 is 1.06 bits per heavy atom. The van der Waals surface area contributed by atoms with Crippen molar-refractivity contribution in [2.75, 3.05) is 26.7 Å². The van der Waals surface area contributed by atoms with Crippen molar-refractivity contribution in [3.05, 3.63) is 64.7 Å². The molecule has 0 radical (unpaired) electrons. The van der Waals surface area contributed by atoms with Crippen molar-refractivity contribution in [3.63, 3.8) is 0 Å². The van der Waals surface area contributed by atoms with E-state index < -0.39 is 6.04 Å². The second-order valence-corrected chi connectivity index (χ2v) is 8.86. The Balaban J connectivity index is 1.68. The first-order valence-corrected chi connectivity index (χ1v) is 11.5. The molecule has 2 atom stereocenters. The van der Waals surface area contributed by atoms with Crippen LogP contribution in [0.2, 0.25) is 5.02 Å². The summed E-state index contributed by atoms with van der Waals surface area (Å²) in [4.78, 5) is 28.2. The predicted molar refractivity (Wildman–Crippen MR) is 127 cm³/mol. The SMILES string of the molecule is COc1ccc(C(=O)N[C@@H](C(=O)NC[C@@H](c2ccccc2Cl)N2CCCC2)C(C)C)cc1. The zero-order chi connectivity index (χ0) is 23.1. The lowest BCUT2D eigenvalue weighted by atomic mass is 10.0. The topological polar surface area (TPSA) is 70.7 Å². The molecule has 0 aliphatic carbocycles. The van der Waals surface area contributed by atoms with E-state index in [0.717, 1.165) is 31.5 Å². The van der Waals surface area contributed by atoms with Gasteiger partial charge in [0.2, 0.25) is 5.91 Å². The van der Waals surface area contributed by atoms with Crippen LogP contribution in [0.4, 0.5) is 0 Å². The molecule has 0 spiro atoms. The van der Waals surface area contributed by atoms with Crippen LogP contribution >= 0.6 is 11.6 Å². The minimum Gasteiger partial charge on any atom is -0.497 e. The van der Waals surface area contributed by atoms with Gasteiger partial charge in [-0.2, -0.15) is 0 Å². The average Bonchev–Trinajstić information content (AvgIpc) is 3.33. The third-order valence-electron chi connectivity index (χ3n) is 5.90. The molecule has 1 saturated heterocycles. The van der Waals surface area contributed by atoms with Gasteiger partial charge in [0, 0.05) is 17.1 Å². The maximum atomic E-state index is 13.1. The first-order valence-electron chi connectivity index (χ1n) is 11.1. The average molecular weight is 458 g/mol. The largest absolute Gasteiger partial charge is 0.497 e. The molecule has 0 saturated carbocycles. The maximum absolute atomic E-state index is 13.1. The van der Waals surface area contributed by atoms with Crippen LogP contribution in [0, 0.1) is 5.92 Å². The summed E-state index contributed by atoms with van der Waals surface area (Å²) in [5, 5.41) is 6.65. The number of benzene rings is 2. The number of rotatable bonds is 9. The van der Waals surface area contributed by atoms with E-state index in [9.17, 15) is 9.59 Å². The summed E-state index contributed by atoms with van der Waals surface area (Å²) < 4.78 is 5.14. The van der Waals surface area contributed by atoms with Gasteiger partial charge in [0.25, 0.3) is 5.91 Å². The fraction of sp³-hybridized carbons (Fsp3) is 0.440. The normalized spacial score (nSPS) is 15.9. The van der Waals surface area contributed by atoms with Crippen LogP contribution in [0.1, 0.15) is 48.7 Å². The lowest BCUT2D eigenvalue weighted by Gasteiger charge is -2.30. The van der Waals surface area contributed by atoms with E-state index in [1.807, 2.05) is 38.1 Å². The van der Waals surface area contributed by atoms with E-state index >= 15 is 0 Å². The van der Waals surface area contributed by atoms with Gasteiger partial charge in [0.1, 0.15) is 11.8 Å². The van der Waals surface area contributed by atoms with Crippen LogP contribution in [-0.4, -0.2) is 49.5 Å². The molecule has 1 heterocycles. The number of hydrogen-bond donors (Lipinski definition) is 2. The van der Waals surface area contributed by atoms with Crippen molar-refractivity contribution in [2.24, 2.45) is 5.92 Å². The Kier molecular flexibility index (Phi) is 8.53. The number of carbonyl (C=O) groups is 2. The van der Waals surface area contributed by atoms with Gasteiger partial charge in [-0.1, -0.05) is 43.6 Å². The zero-order valence-electron chi connectivity index (χ0n) is 18.9. The Bertz CT molecular complexity index is 911. The summed E-state index contributed by atoms with van der Waals surface area (Å²) in [5.41, 5.74) is 1.50. The first-order chi connectivity index (χ1) is 15.4. The minimum atomic E-state index is -0.643. The fourth-order valence-electron chi connectivity index (χ4n) is 4.04.